The third kappa shape index (κ3) is 2.87. The first kappa shape index (κ1) is 14.3. The Morgan fingerprint density at radius 3 is 3.05 bits per heavy atom. The smallest absolute Gasteiger partial charge is 0.0855 e. The molecule has 0 saturated heterocycles. The van der Waals surface area contributed by atoms with Crippen LogP contribution in [0.25, 0.3) is 0 Å². The standard InChI is InChI=1S/C17H22N2O2/c1-3-15-14(11-19(2)18-15)16(20)10-17-13-7-5-4-6-12(13)8-9-21-17/h4-7,11,16-17,20H,3,8-10H2,1-2H3. The van der Waals surface area contributed by atoms with Gasteiger partial charge < -0.3 is 9.84 Å². The van der Waals surface area contributed by atoms with E-state index in [2.05, 4.69) is 30.2 Å². The topological polar surface area (TPSA) is 47.3 Å². The van der Waals surface area contributed by atoms with Gasteiger partial charge in [-0.25, -0.2) is 0 Å². The predicted molar refractivity (Wildman–Crippen MR) is 81.0 cm³/mol. The van der Waals surface area contributed by atoms with Crippen LogP contribution in [0.2, 0.25) is 0 Å². The average molecular weight is 286 g/mol. The molecule has 1 aromatic heterocycles. The molecule has 4 nitrogen and oxygen atoms in total. The van der Waals surface area contributed by atoms with E-state index in [0.29, 0.717) is 6.42 Å². The van der Waals surface area contributed by atoms with E-state index in [0.717, 1.165) is 30.7 Å². The molecule has 0 fully saturated rings. The van der Waals surface area contributed by atoms with Crippen LogP contribution in [0.5, 0.6) is 0 Å². The lowest BCUT2D eigenvalue weighted by atomic mass is 9.92. The van der Waals surface area contributed by atoms with Crippen molar-refractivity contribution in [3.63, 3.8) is 0 Å². The van der Waals surface area contributed by atoms with Crippen LogP contribution >= 0.6 is 0 Å². The summed E-state index contributed by atoms with van der Waals surface area (Å²) in [7, 11) is 1.89. The minimum Gasteiger partial charge on any atom is -0.388 e. The molecule has 0 radical (unpaired) electrons. The normalized spacial score (nSPS) is 19.3. The van der Waals surface area contributed by atoms with Gasteiger partial charge in [0.05, 0.1) is 24.5 Å². The highest BCUT2D eigenvalue weighted by Crippen LogP contribution is 2.34. The van der Waals surface area contributed by atoms with Crippen LogP contribution < -0.4 is 0 Å². The molecule has 2 atom stereocenters. The number of ether oxygens (including phenoxy) is 1. The molecule has 3 rings (SSSR count). The van der Waals surface area contributed by atoms with Gasteiger partial charge in [0, 0.05) is 25.2 Å². The summed E-state index contributed by atoms with van der Waals surface area (Å²) in [6.45, 7) is 2.78. The summed E-state index contributed by atoms with van der Waals surface area (Å²) in [6, 6.07) is 8.36. The second-order valence-corrected chi connectivity index (χ2v) is 5.62. The van der Waals surface area contributed by atoms with Crippen LogP contribution in [0.3, 0.4) is 0 Å². The number of aromatic nitrogens is 2. The fraction of sp³-hybridized carbons (Fsp3) is 0.471. The molecular weight excluding hydrogens is 264 g/mol. The Morgan fingerprint density at radius 2 is 2.24 bits per heavy atom. The van der Waals surface area contributed by atoms with E-state index in [9.17, 15) is 5.11 Å². The number of hydrogen-bond acceptors (Lipinski definition) is 3. The number of hydrogen-bond donors (Lipinski definition) is 1. The van der Waals surface area contributed by atoms with Crippen molar-refractivity contribution >= 4 is 0 Å². The number of aliphatic hydroxyl groups is 1. The summed E-state index contributed by atoms with van der Waals surface area (Å²) in [5.74, 6) is 0. The van der Waals surface area contributed by atoms with Gasteiger partial charge in [-0.3, -0.25) is 4.68 Å². The van der Waals surface area contributed by atoms with Crippen molar-refractivity contribution in [3.8, 4) is 0 Å². The second-order valence-electron chi connectivity index (χ2n) is 5.62. The molecule has 0 bridgehead atoms. The third-order valence-corrected chi connectivity index (χ3v) is 4.16. The van der Waals surface area contributed by atoms with Gasteiger partial charge in [-0.1, -0.05) is 31.2 Å². The van der Waals surface area contributed by atoms with E-state index >= 15 is 0 Å². The van der Waals surface area contributed by atoms with E-state index in [-0.39, 0.29) is 6.10 Å². The zero-order chi connectivity index (χ0) is 14.8. The summed E-state index contributed by atoms with van der Waals surface area (Å²) in [5.41, 5.74) is 4.44. The van der Waals surface area contributed by atoms with Gasteiger partial charge in [0.2, 0.25) is 0 Å². The van der Waals surface area contributed by atoms with Gasteiger partial charge >= 0.3 is 0 Å². The average Bonchev–Trinajstić information content (AvgIpc) is 2.89. The molecular formula is C17H22N2O2. The lowest BCUT2D eigenvalue weighted by Crippen LogP contribution is -2.18. The zero-order valence-corrected chi connectivity index (χ0v) is 12.6. The molecule has 1 aliphatic heterocycles. The van der Waals surface area contributed by atoms with Crippen LogP contribution in [-0.2, 0) is 24.6 Å². The number of aliphatic hydroxyl groups excluding tert-OH is 1. The van der Waals surface area contributed by atoms with Crippen LogP contribution in [0.4, 0.5) is 0 Å². The molecule has 21 heavy (non-hydrogen) atoms. The highest BCUT2D eigenvalue weighted by Gasteiger charge is 2.25. The highest BCUT2D eigenvalue weighted by atomic mass is 16.5. The Labute approximate surface area is 125 Å². The number of rotatable bonds is 4. The number of aryl methyl sites for hydroxylation is 2. The first-order chi connectivity index (χ1) is 10.2. The largest absolute Gasteiger partial charge is 0.388 e. The maximum Gasteiger partial charge on any atom is 0.0855 e. The van der Waals surface area contributed by atoms with E-state index < -0.39 is 6.10 Å². The summed E-state index contributed by atoms with van der Waals surface area (Å²) in [5, 5.41) is 15.0. The first-order valence-corrected chi connectivity index (χ1v) is 7.59. The van der Waals surface area contributed by atoms with Gasteiger partial charge in [-0.05, 0) is 24.0 Å². The lowest BCUT2D eigenvalue weighted by Gasteiger charge is -2.27. The van der Waals surface area contributed by atoms with Crippen LogP contribution in [0.15, 0.2) is 30.5 Å². The molecule has 112 valence electrons. The summed E-state index contributed by atoms with van der Waals surface area (Å²) in [4.78, 5) is 0. The minimum atomic E-state index is -0.537. The van der Waals surface area contributed by atoms with Gasteiger partial charge in [-0.15, -0.1) is 0 Å². The molecule has 2 aromatic rings. The lowest BCUT2D eigenvalue weighted by molar-refractivity contribution is 0.00359. The van der Waals surface area contributed by atoms with Crippen molar-refractivity contribution in [1.29, 1.82) is 0 Å². The Balaban J connectivity index is 1.81. The molecule has 1 aliphatic rings. The molecule has 2 heterocycles. The van der Waals surface area contributed by atoms with E-state index in [1.54, 1.807) is 4.68 Å². The molecule has 2 unspecified atom stereocenters. The van der Waals surface area contributed by atoms with E-state index in [1.807, 2.05) is 19.3 Å². The molecule has 1 aromatic carbocycles. The zero-order valence-electron chi connectivity index (χ0n) is 12.6. The fourth-order valence-corrected chi connectivity index (χ4v) is 3.11. The Hall–Kier alpha value is -1.65. The Kier molecular flexibility index (Phi) is 4.08. The van der Waals surface area contributed by atoms with Crippen molar-refractivity contribution in [3.05, 3.63) is 52.8 Å². The van der Waals surface area contributed by atoms with Gasteiger partial charge in [0.25, 0.3) is 0 Å². The summed E-state index contributed by atoms with van der Waals surface area (Å²) in [6.07, 6.45) is 3.71. The van der Waals surface area contributed by atoms with Crippen molar-refractivity contribution in [1.82, 2.24) is 9.78 Å². The second kappa shape index (κ2) is 6.00. The summed E-state index contributed by atoms with van der Waals surface area (Å²) < 4.78 is 7.66. The van der Waals surface area contributed by atoms with Crippen molar-refractivity contribution < 1.29 is 9.84 Å². The Bertz CT molecular complexity index is 621. The van der Waals surface area contributed by atoms with Crippen molar-refractivity contribution in [2.45, 2.75) is 38.4 Å². The molecule has 4 heteroatoms. The number of fused-ring (bicyclic) bond motifs is 1. The van der Waals surface area contributed by atoms with Crippen LogP contribution in [0.1, 0.15) is 47.9 Å². The number of benzene rings is 1. The quantitative estimate of drug-likeness (QED) is 0.940. The van der Waals surface area contributed by atoms with Crippen LogP contribution in [0, 0.1) is 0 Å². The van der Waals surface area contributed by atoms with E-state index in [1.165, 1.54) is 11.1 Å². The van der Waals surface area contributed by atoms with Crippen LogP contribution in [-0.4, -0.2) is 21.5 Å². The summed E-state index contributed by atoms with van der Waals surface area (Å²) >= 11 is 0. The van der Waals surface area contributed by atoms with Crippen molar-refractivity contribution in [2.75, 3.05) is 6.61 Å². The minimum absolute atomic E-state index is 0.0325. The van der Waals surface area contributed by atoms with Gasteiger partial charge in [0.1, 0.15) is 0 Å². The molecule has 0 saturated carbocycles. The van der Waals surface area contributed by atoms with Crippen molar-refractivity contribution in [2.24, 2.45) is 7.05 Å². The maximum atomic E-state index is 10.6. The van der Waals surface area contributed by atoms with Gasteiger partial charge in [0.15, 0.2) is 0 Å². The first-order valence-electron chi connectivity index (χ1n) is 7.59. The predicted octanol–water partition coefficient (Wildman–Crippen LogP) is 2.72. The Morgan fingerprint density at radius 1 is 1.43 bits per heavy atom. The number of nitrogens with zero attached hydrogens (tertiary/aromatic N) is 2. The highest BCUT2D eigenvalue weighted by molar-refractivity contribution is 5.31. The molecule has 0 spiro atoms. The van der Waals surface area contributed by atoms with E-state index in [4.69, 9.17) is 4.74 Å². The van der Waals surface area contributed by atoms with Gasteiger partial charge in [-0.2, -0.15) is 5.10 Å². The SMILES string of the molecule is CCc1nn(C)cc1C(O)CC1OCCc2ccccc21. The maximum absolute atomic E-state index is 10.6. The fourth-order valence-electron chi connectivity index (χ4n) is 3.11. The molecule has 1 N–H and O–H groups in total. The molecule has 0 amide bonds. The molecule has 0 aliphatic carbocycles. The third-order valence-electron chi connectivity index (χ3n) is 4.16. The monoisotopic (exact) mass is 286 g/mol.